The molecule has 0 radical (unpaired) electrons. The largest absolute Gasteiger partial charge is 0.454 e. The van der Waals surface area contributed by atoms with Gasteiger partial charge in [-0.3, -0.25) is 4.57 Å². The number of hydrogen-bond donors (Lipinski definition) is 3. The smallest absolute Gasteiger partial charge is 0.323 e. The third-order valence-electron chi connectivity index (χ3n) is 4.47. The maximum Gasteiger partial charge on any atom is 0.323 e. The molecule has 4 aromatic rings. The first-order valence-corrected chi connectivity index (χ1v) is 9.38. The number of ether oxygens (including phenoxy) is 2. The average molecular weight is 415 g/mol. The zero-order valence-corrected chi connectivity index (χ0v) is 16.1. The molecule has 0 fully saturated rings. The van der Waals surface area contributed by atoms with Crippen LogP contribution in [-0.2, 0) is 0 Å². The van der Waals surface area contributed by atoms with Gasteiger partial charge in [-0.1, -0.05) is 0 Å². The Morgan fingerprint density at radius 2 is 1.68 bits per heavy atom. The second kappa shape index (κ2) is 8.03. The van der Waals surface area contributed by atoms with Crippen LogP contribution < -0.4 is 25.4 Å². The first kappa shape index (κ1) is 18.4. The minimum Gasteiger partial charge on any atom is -0.454 e. The van der Waals surface area contributed by atoms with E-state index < -0.39 is 0 Å². The number of carbonyl (C=O) groups excluding carboxylic acids is 1. The van der Waals surface area contributed by atoms with Gasteiger partial charge in [0.1, 0.15) is 24.3 Å². The van der Waals surface area contributed by atoms with E-state index in [0.29, 0.717) is 34.5 Å². The molecule has 1 aliphatic rings. The van der Waals surface area contributed by atoms with Gasteiger partial charge in [0.2, 0.25) is 6.79 Å². The van der Waals surface area contributed by atoms with Crippen LogP contribution in [0.2, 0.25) is 0 Å². The van der Waals surface area contributed by atoms with Gasteiger partial charge >= 0.3 is 6.03 Å². The Hall–Kier alpha value is -4.60. The zero-order chi connectivity index (χ0) is 21.0. The molecular formula is C21H17N7O3. The van der Waals surface area contributed by atoms with E-state index in [-0.39, 0.29) is 12.8 Å². The number of aromatic nitrogens is 4. The highest BCUT2D eigenvalue weighted by molar-refractivity contribution is 6.00. The summed E-state index contributed by atoms with van der Waals surface area (Å²) in [6.07, 6.45) is 6.64. The molecule has 3 N–H and O–H groups in total. The summed E-state index contributed by atoms with van der Waals surface area (Å²) in [5.41, 5.74) is 2.07. The molecule has 0 spiro atoms. The third kappa shape index (κ3) is 4.22. The number of fused-ring (bicyclic) bond motifs is 1. The van der Waals surface area contributed by atoms with Gasteiger partial charge in [-0.15, -0.1) is 0 Å². The molecule has 31 heavy (non-hydrogen) atoms. The van der Waals surface area contributed by atoms with Gasteiger partial charge in [-0.05, 0) is 36.4 Å². The summed E-state index contributed by atoms with van der Waals surface area (Å²) in [5, 5.41) is 8.77. The van der Waals surface area contributed by atoms with Crippen molar-refractivity contribution in [1.29, 1.82) is 0 Å². The minimum atomic E-state index is -0.361. The van der Waals surface area contributed by atoms with E-state index in [1.165, 1.54) is 6.33 Å². The number of urea groups is 1. The van der Waals surface area contributed by atoms with Crippen LogP contribution in [0.15, 0.2) is 73.6 Å². The molecule has 0 bridgehead atoms. The molecule has 2 aromatic carbocycles. The first-order chi connectivity index (χ1) is 15.2. The lowest BCUT2D eigenvalue weighted by atomic mass is 10.2. The Labute approximate surface area is 176 Å². The maximum atomic E-state index is 12.3. The van der Waals surface area contributed by atoms with Gasteiger partial charge in [0.25, 0.3) is 0 Å². The number of carbonyl (C=O) groups is 1. The molecule has 1 aliphatic heterocycles. The number of rotatable bonds is 5. The van der Waals surface area contributed by atoms with E-state index in [1.807, 2.05) is 18.2 Å². The summed E-state index contributed by atoms with van der Waals surface area (Å²) in [4.78, 5) is 24.7. The van der Waals surface area contributed by atoms with Crippen molar-refractivity contribution in [1.82, 2.24) is 19.5 Å². The summed E-state index contributed by atoms with van der Waals surface area (Å²) < 4.78 is 12.4. The molecule has 2 amide bonds. The number of benzene rings is 2. The van der Waals surface area contributed by atoms with Crippen molar-refractivity contribution in [2.45, 2.75) is 0 Å². The molecule has 0 saturated carbocycles. The van der Waals surface area contributed by atoms with Gasteiger partial charge in [-0.25, -0.2) is 19.7 Å². The van der Waals surface area contributed by atoms with Crippen LogP contribution in [0, 0.1) is 0 Å². The molecule has 3 heterocycles. The van der Waals surface area contributed by atoms with E-state index in [0.717, 1.165) is 5.69 Å². The van der Waals surface area contributed by atoms with Crippen LogP contribution in [0.1, 0.15) is 0 Å². The SMILES string of the molecule is O=C(Nc1ccc(Nc2cc(-n3ccnc3)ncn2)cc1)Nc1ccc2c(c1)OCO2. The Morgan fingerprint density at radius 3 is 2.52 bits per heavy atom. The van der Waals surface area contributed by atoms with Gasteiger partial charge in [0, 0.05) is 41.6 Å². The number of imidazole rings is 1. The second-order valence-corrected chi connectivity index (χ2v) is 6.58. The Kier molecular flexibility index (Phi) is 4.77. The van der Waals surface area contributed by atoms with Gasteiger partial charge in [0.15, 0.2) is 11.5 Å². The number of hydrogen-bond acceptors (Lipinski definition) is 7. The highest BCUT2D eigenvalue weighted by Crippen LogP contribution is 2.34. The van der Waals surface area contributed by atoms with Gasteiger partial charge < -0.3 is 25.4 Å². The van der Waals surface area contributed by atoms with Crippen molar-refractivity contribution in [3.05, 3.63) is 73.6 Å². The van der Waals surface area contributed by atoms with Crippen molar-refractivity contribution >= 4 is 28.9 Å². The van der Waals surface area contributed by atoms with E-state index in [4.69, 9.17) is 9.47 Å². The molecule has 2 aromatic heterocycles. The van der Waals surface area contributed by atoms with E-state index in [1.54, 1.807) is 53.6 Å². The Balaban J connectivity index is 1.20. The summed E-state index contributed by atoms with van der Waals surface area (Å²) in [6.45, 7) is 0.186. The van der Waals surface area contributed by atoms with Crippen LogP contribution in [0.3, 0.4) is 0 Å². The van der Waals surface area contributed by atoms with E-state index in [2.05, 4.69) is 30.9 Å². The van der Waals surface area contributed by atoms with E-state index >= 15 is 0 Å². The fourth-order valence-electron chi connectivity index (χ4n) is 3.00. The topological polar surface area (TPSA) is 115 Å². The molecule has 0 unspecified atom stereocenters. The van der Waals surface area contributed by atoms with Gasteiger partial charge in [0.05, 0.1) is 0 Å². The lowest BCUT2D eigenvalue weighted by Gasteiger charge is -2.10. The number of nitrogens with one attached hydrogen (secondary N) is 3. The molecule has 0 atom stereocenters. The summed E-state index contributed by atoms with van der Waals surface area (Å²) >= 11 is 0. The van der Waals surface area contributed by atoms with Crippen LogP contribution >= 0.6 is 0 Å². The summed E-state index contributed by atoms with van der Waals surface area (Å²) in [7, 11) is 0. The van der Waals surface area contributed by atoms with Gasteiger partial charge in [-0.2, -0.15) is 0 Å². The van der Waals surface area contributed by atoms with E-state index in [9.17, 15) is 4.79 Å². The predicted octanol–water partition coefficient (Wildman–Crippen LogP) is 3.78. The number of nitrogens with zero attached hydrogens (tertiary/aromatic N) is 4. The molecule has 154 valence electrons. The number of amides is 2. The summed E-state index contributed by atoms with van der Waals surface area (Å²) in [5.74, 6) is 2.61. The highest BCUT2D eigenvalue weighted by atomic mass is 16.7. The van der Waals surface area contributed by atoms with Crippen molar-refractivity contribution in [3.63, 3.8) is 0 Å². The van der Waals surface area contributed by atoms with Crippen molar-refractivity contribution in [2.75, 3.05) is 22.7 Å². The fourth-order valence-corrected chi connectivity index (χ4v) is 3.00. The lowest BCUT2D eigenvalue weighted by Crippen LogP contribution is -2.19. The van der Waals surface area contributed by atoms with Crippen LogP contribution in [0.4, 0.5) is 27.7 Å². The maximum absolute atomic E-state index is 12.3. The standard InChI is InChI=1S/C21H17N7O3/c29-21(27-16-5-6-17-18(9-16)31-13-30-17)26-15-3-1-14(2-4-15)25-19-10-20(24-11-23-19)28-8-7-22-12-28/h1-12H,13H2,(H,23,24,25)(H2,26,27,29). The number of anilines is 4. The average Bonchev–Trinajstić information content (AvgIpc) is 3.47. The monoisotopic (exact) mass is 415 g/mol. The third-order valence-corrected chi connectivity index (χ3v) is 4.47. The second-order valence-electron chi connectivity index (χ2n) is 6.58. The highest BCUT2D eigenvalue weighted by Gasteiger charge is 2.14. The Bertz CT molecular complexity index is 1210. The van der Waals surface area contributed by atoms with Crippen LogP contribution in [0.25, 0.3) is 5.82 Å². The van der Waals surface area contributed by atoms with Crippen molar-refractivity contribution in [3.8, 4) is 17.3 Å². The quantitative estimate of drug-likeness (QED) is 0.454. The van der Waals surface area contributed by atoms with Crippen LogP contribution in [0.5, 0.6) is 11.5 Å². The molecule has 10 heteroatoms. The van der Waals surface area contributed by atoms with Crippen molar-refractivity contribution in [2.24, 2.45) is 0 Å². The molecule has 0 aliphatic carbocycles. The fraction of sp³-hybridized carbons (Fsp3) is 0.0476. The van der Waals surface area contributed by atoms with Crippen molar-refractivity contribution < 1.29 is 14.3 Å². The van der Waals surface area contributed by atoms with Crippen LogP contribution in [-0.4, -0.2) is 32.3 Å². The summed E-state index contributed by atoms with van der Waals surface area (Å²) in [6, 6.07) is 13.9. The molecule has 0 saturated heterocycles. The molecule has 10 nitrogen and oxygen atoms in total. The lowest BCUT2D eigenvalue weighted by molar-refractivity contribution is 0.174. The minimum absolute atomic E-state index is 0.186. The first-order valence-electron chi connectivity index (χ1n) is 9.38. The normalized spacial score (nSPS) is 11.7. The zero-order valence-electron chi connectivity index (χ0n) is 16.1. The Morgan fingerprint density at radius 1 is 0.903 bits per heavy atom. The molecule has 5 rings (SSSR count). The predicted molar refractivity (Wildman–Crippen MR) is 114 cm³/mol. The molecular weight excluding hydrogens is 398 g/mol.